The number of rotatable bonds is 5. The van der Waals surface area contributed by atoms with Crippen molar-refractivity contribution >= 4 is 34.3 Å². The first-order chi connectivity index (χ1) is 19.1. The van der Waals surface area contributed by atoms with Crippen molar-refractivity contribution in [2.45, 2.75) is 33.1 Å². The highest BCUT2D eigenvalue weighted by molar-refractivity contribution is 6.06. The van der Waals surface area contributed by atoms with Crippen molar-refractivity contribution in [2.24, 2.45) is 5.73 Å². The first-order valence-electron chi connectivity index (χ1n) is 13.2. The lowest BCUT2D eigenvalue weighted by Gasteiger charge is -2.32. The lowest BCUT2D eigenvalue weighted by Crippen LogP contribution is -2.51. The van der Waals surface area contributed by atoms with E-state index in [0.717, 1.165) is 27.7 Å². The van der Waals surface area contributed by atoms with Crippen LogP contribution in [0.5, 0.6) is 5.88 Å². The van der Waals surface area contributed by atoms with E-state index in [0.29, 0.717) is 43.6 Å². The van der Waals surface area contributed by atoms with E-state index in [1.165, 1.54) is 0 Å². The van der Waals surface area contributed by atoms with Crippen molar-refractivity contribution in [3.63, 3.8) is 0 Å². The fourth-order valence-corrected chi connectivity index (χ4v) is 4.45. The molecule has 0 saturated carbocycles. The molecule has 0 aliphatic carbocycles. The summed E-state index contributed by atoms with van der Waals surface area (Å²) in [4.78, 5) is 36.8. The van der Waals surface area contributed by atoms with E-state index >= 15 is 0 Å². The van der Waals surface area contributed by atoms with Crippen molar-refractivity contribution in [3.8, 4) is 11.6 Å². The second kappa shape index (κ2) is 10.9. The van der Waals surface area contributed by atoms with Crippen LogP contribution < -0.4 is 21.2 Å². The zero-order chi connectivity index (χ0) is 28.4. The Hall–Kier alpha value is -4.64. The van der Waals surface area contributed by atoms with Crippen LogP contribution in [0.2, 0.25) is 0 Å². The Balaban J connectivity index is 1.36. The molecular formula is C29H34N8O3. The number of piperazine rings is 1. The number of pyridine rings is 1. The summed E-state index contributed by atoms with van der Waals surface area (Å²) in [5.74, 6) is 0.972. The second-order valence-electron chi connectivity index (χ2n) is 10.9. The van der Waals surface area contributed by atoms with E-state index in [4.69, 9.17) is 15.7 Å². The number of nitrogens with zero attached hydrogens (tertiary/aromatic N) is 5. The van der Waals surface area contributed by atoms with E-state index in [9.17, 15) is 9.59 Å². The zero-order valence-electron chi connectivity index (χ0n) is 23.1. The van der Waals surface area contributed by atoms with Crippen LogP contribution in [-0.4, -0.2) is 63.0 Å². The lowest BCUT2D eigenvalue weighted by molar-refractivity contribution is -0.0837. The molecule has 2 aromatic carbocycles. The summed E-state index contributed by atoms with van der Waals surface area (Å²) in [7, 11) is 0. The highest BCUT2D eigenvalue weighted by Crippen LogP contribution is 2.31. The van der Waals surface area contributed by atoms with Gasteiger partial charge in [-0.1, -0.05) is 56.7 Å². The van der Waals surface area contributed by atoms with Crippen molar-refractivity contribution < 1.29 is 14.4 Å². The molecule has 4 amide bonds. The molecule has 1 fully saturated rings. The van der Waals surface area contributed by atoms with Crippen molar-refractivity contribution in [1.29, 1.82) is 0 Å². The molecule has 4 aromatic rings. The van der Waals surface area contributed by atoms with Gasteiger partial charge in [-0.05, 0) is 25.1 Å². The molecule has 0 radical (unpaired) electrons. The number of hydrogen-bond acceptors (Lipinski definition) is 6. The molecule has 5 rings (SSSR count). The number of hydroxylamine groups is 2. The van der Waals surface area contributed by atoms with Gasteiger partial charge in [0.05, 0.1) is 36.4 Å². The molecule has 11 nitrogen and oxygen atoms in total. The van der Waals surface area contributed by atoms with Crippen LogP contribution in [-0.2, 0) is 5.41 Å². The Morgan fingerprint density at radius 1 is 0.950 bits per heavy atom. The van der Waals surface area contributed by atoms with Gasteiger partial charge in [0.2, 0.25) is 5.88 Å². The van der Waals surface area contributed by atoms with E-state index in [-0.39, 0.29) is 5.41 Å². The smallest absolute Gasteiger partial charge is 0.324 e. The third kappa shape index (κ3) is 5.84. The number of amides is 4. The lowest BCUT2D eigenvalue weighted by atomic mass is 9.92. The standard InChI is InChI=1S/C29H34N8O3/c1-19-9-11-20(12-10-19)37-25(17-24(34-37)29(2,3)4)33-28(39)32-23-18-31-26(22-8-6-5-7-21(22)23)40-36-15-13-35(14-16-36)27(30)38/h5-12,17-18H,13-16H2,1-4H3,(H2,30,38)(H2,32,33,39). The number of anilines is 2. The predicted molar refractivity (Wildman–Crippen MR) is 155 cm³/mol. The van der Waals surface area contributed by atoms with Crippen molar-refractivity contribution in [2.75, 3.05) is 36.8 Å². The summed E-state index contributed by atoms with van der Waals surface area (Å²) >= 11 is 0. The summed E-state index contributed by atoms with van der Waals surface area (Å²) < 4.78 is 1.74. The number of primary amides is 1. The van der Waals surface area contributed by atoms with Crippen LogP contribution in [0.4, 0.5) is 21.1 Å². The molecule has 0 atom stereocenters. The van der Waals surface area contributed by atoms with Crippen LogP contribution in [0.3, 0.4) is 0 Å². The van der Waals surface area contributed by atoms with E-state index < -0.39 is 12.1 Å². The molecule has 0 bridgehead atoms. The monoisotopic (exact) mass is 542 g/mol. The first kappa shape index (κ1) is 26.9. The Kier molecular flexibility index (Phi) is 7.31. The quantitative estimate of drug-likeness (QED) is 0.336. The van der Waals surface area contributed by atoms with Crippen molar-refractivity contribution in [3.05, 3.63) is 72.1 Å². The maximum Gasteiger partial charge on any atom is 0.324 e. The average molecular weight is 543 g/mol. The minimum absolute atomic E-state index is 0.203. The molecular weight excluding hydrogens is 508 g/mol. The van der Waals surface area contributed by atoms with Crippen LogP contribution in [0.1, 0.15) is 32.0 Å². The van der Waals surface area contributed by atoms with Gasteiger partial charge in [0.1, 0.15) is 5.82 Å². The molecule has 1 aliphatic rings. The number of carbonyl (C=O) groups is 2. The number of nitrogens with one attached hydrogen (secondary N) is 2. The van der Waals surface area contributed by atoms with Gasteiger partial charge >= 0.3 is 12.1 Å². The van der Waals surface area contributed by atoms with Crippen LogP contribution in [0.15, 0.2) is 60.8 Å². The SMILES string of the molecule is Cc1ccc(-n2nc(C(C)(C)C)cc2NC(=O)Nc2cnc(ON3CCN(C(N)=O)CC3)c3ccccc23)cc1. The van der Waals surface area contributed by atoms with E-state index in [1.807, 2.05) is 61.5 Å². The maximum atomic E-state index is 13.2. The molecule has 2 aromatic heterocycles. The maximum absolute atomic E-state index is 13.2. The highest BCUT2D eigenvalue weighted by Gasteiger charge is 2.23. The number of fused-ring (bicyclic) bond motifs is 1. The Labute approximate surface area is 232 Å². The van der Waals surface area contributed by atoms with E-state index in [2.05, 4.69) is 36.4 Å². The van der Waals surface area contributed by atoms with Gasteiger partial charge in [0.25, 0.3) is 0 Å². The number of nitrogens with two attached hydrogens (primary N) is 1. The molecule has 40 heavy (non-hydrogen) atoms. The predicted octanol–water partition coefficient (Wildman–Crippen LogP) is 4.66. The molecule has 1 saturated heterocycles. The van der Waals surface area contributed by atoms with Crippen LogP contribution in [0.25, 0.3) is 16.5 Å². The van der Waals surface area contributed by atoms with Gasteiger partial charge < -0.3 is 20.8 Å². The molecule has 4 N–H and O–H groups in total. The molecule has 0 spiro atoms. The summed E-state index contributed by atoms with van der Waals surface area (Å²) in [6.45, 7) is 10.2. The van der Waals surface area contributed by atoms with Gasteiger partial charge in [0, 0.05) is 35.3 Å². The zero-order valence-corrected chi connectivity index (χ0v) is 23.1. The van der Waals surface area contributed by atoms with Gasteiger partial charge in [-0.3, -0.25) is 5.32 Å². The molecule has 0 unspecified atom stereocenters. The van der Waals surface area contributed by atoms with E-state index in [1.54, 1.807) is 20.8 Å². The van der Waals surface area contributed by atoms with Gasteiger partial charge in [-0.15, -0.1) is 5.06 Å². The largest absolute Gasteiger partial charge is 0.385 e. The first-order valence-corrected chi connectivity index (χ1v) is 13.2. The topological polar surface area (TPSA) is 131 Å². The van der Waals surface area contributed by atoms with Gasteiger partial charge in [-0.25, -0.2) is 19.3 Å². The fourth-order valence-electron chi connectivity index (χ4n) is 4.45. The molecule has 208 valence electrons. The summed E-state index contributed by atoms with van der Waals surface area (Å²) in [5, 5.41) is 14.0. The molecule has 11 heteroatoms. The Morgan fingerprint density at radius 2 is 1.62 bits per heavy atom. The third-order valence-corrected chi connectivity index (χ3v) is 6.77. The number of aromatic nitrogens is 3. The highest BCUT2D eigenvalue weighted by atomic mass is 16.7. The third-order valence-electron chi connectivity index (χ3n) is 6.77. The van der Waals surface area contributed by atoms with Crippen LogP contribution >= 0.6 is 0 Å². The number of hydrogen-bond donors (Lipinski definition) is 3. The summed E-state index contributed by atoms with van der Waals surface area (Å²) in [6, 6.07) is 16.6. The number of carbonyl (C=O) groups excluding carboxylic acids is 2. The van der Waals surface area contributed by atoms with Gasteiger partial charge in [0.15, 0.2) is 0 Å². The Morgan fingerprint density at radius 3 is 2.27 bits per heavy atom. The van der Waals surface area contributed by atoms with Crippen LogP contribution in [0, 0.1) is 6.92 Å². The fraction of sp³-hybridized carbons (Fsp3) is 0.310. The summed E-state index contributed by atoms with van der Waals surface area (Å²) in [6.07, 6.45) is 1.58. The molecule has 3 heterocycles. The minimum atomic E-state index is -0.437. The number of aryl methyl sites for hydroxylation is 1. The normalized spacial score (nSPS) is 14.2. The van der Waals surface area contributed by atoms with Crippen molar-refractivity contribution in [1.82, 2.24) is 24.7 Å². The number of benzene rings is 2. The number of urea groups is 2. The average Bonchev–Trinajstić information content (AvgIpc) is 3.35. The minimum Gasteiger partial charge on any atom is -0.385 e. The van der Waals surface area contributed by atoms with Gasteiger partial charge in [-0.2, -0.15) is 5.10 Å². The summed E-state index contributed by atoms with van der Waals surface area (Å²) in [5.41, 5.74) is 8.56. The molecule has 1 aliphatic heterocycles. The Bertz CT molecular complexity index is 1530. The second-order valence-corrected chi connectivity index (χ2v) is 10.9.